The number of phosphoric acid groups is 1. The quantitative estimate of drug-likeness (QED) is 0.595. The van der Waals surface area contributed by atoms with Crippen LogP contribution in [-0.2, 0) is 13.6 Å². The molecule has 1 saturated heterocycles. The second-order valence-corrected chi connectivity index (χ2v) is 4.77. The van der Waals surface area contributed by atoms with Gasteiger partial charge in [-0.15, -0.1) is 0 Å². The molecule has 17 heavy (non-hydrogen) atoms. The van der Waals surface area contributed by atoms with Gasteiger partial charge in [0.25, 0.3) is 0 Å². The van der Waals surface area contributed by atoms with Gasteiger partial charge in [-0.1, -0.05) is 0 Å². The molecule has 0 aromatic rings. The van der Waals surface area contributed by atoms with E-state index < -0.39 is 38.3 Å². The fourth-order valence-corrected chi connectivity index (χ4v) is 2.62. The average Bonchev–Trinajstić information content (AvgIpc) is 2.17. The average molecular weight is 288 g/mol. The molecule has 1 rings (SSSR count). The summed E-state index contributed by atoms with van der Waals surface area (Å²) in [6.07, 6.45) is -15.7. The summed E-state index contributed by atoms with van der Waals surface area (Å²) in [7, 11) is -4.85. The highest BCUT2D eigenvalue weighted by molar-refractivity contribution is 7.47. The van der Waals surface area contributed by atoms with Crippen molar-refractivity contribution in [3.05, 3.63) is 0 Å². The van der Waals surface area contributed by atoms with Crippen molar-refractivity contribution in [2.75, 3.05) is 0 Å². The van der Waals surface area contributed by atoms with Crippen LogP contribution in [0.5, 0.6) is 0 Å². The second-order valence-electron chi connectivity index (χ2n) is 3.41. The Balaban J connectivity index is 3.06. The van der Waals surface area contributed by atoms with E-state index in [4.69, 9.17) is 4.89 Å². The molecule has 0 saturated carbocycles. The third-order valence-corrected chi connectivity index (χ3v) is 3.16. The molecule has 0 aromatic heterocycles. The first-order valence-electron chi connectivity index (χ1n) is 4.17. The van der Waals surface area contributed by atoms with E-state index in [-0.39, 0.29) is 0 Å². The van der Waals surface area contributed by atoms with Gasteiger partial charge in [0.1, 0.15) is 6.10 Å². The normalized spacial score (nSPS) is 35.6. The SMILES string of the molecule is CC1OP(=O)(O)OC1C(C(F)(F)F)C(F)(F)F. The molecule has 0 radical (unpaired) electrons. The summed E-state index contributed by atoms with van der Waals surface area (Å²) in [6.45, 7) is 0.797. The van der Waals surface area contributed by atoms with Crippen molar-refractivity contribution in [2.24, 2.45) is 5.92 Å². The lowest BCUT2D eigenvalue weighted by Crippen LogP contribution is -2.47. The minimum Gasteiger partial charge on any atom is -0.302 e. The number of rotatable bonds is 1. The van der Waals surface area contributed by atoms with Gasteiger partial charge in [0, 0.05) is 0 Å². The second kappa shape index (κ2) is 4.11. The number of hydrogen-bond acceptors (Lipinski definition) is 3. The van der Waals surface area contributed by atoms with Crippen LogP contribution in [0.1, 0.15) is 6.92 Å². The summed E-state index contributed by atoms with van der Waals surface area (Å²) in [6, 6.07) is 0. The molecule has 3 unspecified atom stereocenters. The van der Waals surface area contributed by atoms with Crippen LogP contribution in [0, 0.1) is 5.92 Å². The van der Waals surface area contributed by atoms with Gasteiger partial charge in [-0.2, -0.15) is 26.3 Å². The lowest BCUT2D eigenvalue weighted by molar-refractivity contribution is -0.304. The Kier molecular flexibility index (Phi) is 3.57. The highest BCUT2D eigenvalue weighted by Gasteiger charge is 2.65. The van der Waals surface area contributed by atoms with Gasteiger partial charge in [0.2, 0.25) is 0 Å². The molecule has 0 amide bonds. The predicted molar refractivity (Wildman–Crippen MR) is 40.8 cm³/mol. The maximum Gasteiger partial charge on any atom is 0.472 e. The molecular weight excluding hydrogens is 281 g/mol. The molecule has 11 heteroatoms. The van der Waals surface area contributed by atoms with Crippen LogP contribution in [0.3, 0.4) is 0 Å². The van der Waals surface area contributed by atoms with Crippen LogP contribution in [-0.4, -0.2) is 29.5 Å². The molecule has 0 bridgehead atoms. The van der Waals surface area contributed by atoms with E-state index in [2.05, 4.69) is 9.05 Å². The highest BCUT2D eigenvalue weighted by Crippen LogP contribution is 2.57. The molecule has 1 aliphatic heterocycles. The molecule has 1 fully saturated rings. The van der Waals surface area contributed by atoms with E-state index in [1.54, 1.807) is 0 Å². The zero-order chi connectivity index (χ0) is 13.6. The number of phosphoric ester groups is 1. The largest absolute Gasteiger partial charge is 0.472 e. The van der Waals surface area contributed by atoms with Crippen molar-refractivity contribution in [1.29, 1.82) is 0 Å². The van der Waals surface area contributed by atoms with E-state index >= 15 is 0 Å². The van der Waals surface area contributed by atoms with Gasteiger partial charge in [-0.25, -0.2) is 4.57 Å². The first-order chi connectivity index (χ1) is 7.34. The Morgan fingerprint density at radius 1 is 1.12 bits per heavy atom. The molecule has 4 nitrogen and oxygen atoms in total. The van der Waals surface area contributed by atoms with E-state index in [1.807, 2.05) is 0 Å². The zero-order valence-corrected chi connectivity index (χ0v) is 9.01. The lowest BCUT2D eigenvalue weighted by Gasteiger charge is -2.27. The van der Waals surface area contributed by atoms with Crippen molar-refractivity contribution >= 4 is 7.82 Å². The van der Waals surface area contributed by atoms with Gasteiger partial charge in [0.05, 0.1) is 6.10 Å². The Bertz CT molecular complexity index is 324. The Morgan fingerprint density at radius 3 is 1.76 bits per heavy atom. The predicted octanol–water partition coefficient (Wildman–Crippen LogP) is 2.63. The molecular formula is C6H7F6O4P. The summed E-state index contributed by atoms with van der Waals surface area (Å²) >= 11 is 0. The van der Waals surface area contributed by atoms with Gasteiger partial charge < -0.3 is 4.89 Å². The fourth-order valence-electron chi connectivity index (χ4n) is 1.42. The number of halogens is 6. The van der Waals surface area contributed by atoms with Gasteiger partial charge in [-0.05, 0) is 6.92 Å². The zero-order valence-electron chi connectivity index (χ0n) is 8.12. The molecule has 1 N–H and O–H groups in total. The number of alkyl halides is 6. The van der Waals surface area contributed by atoms with E-state index in [1.165, 1.54) is 0 Å². The van der Waals surface area contributed by atoms with Crippen molar-refractivity contribution in [3.63, 3.8) is 0 Å². The minimum absolute atomic E-state index is 0.797. The topological polar surface area (TPSA) is 55.8 Å². The van der Waals surface area contributed by atoms with E-state index in [0.29, 0.717) is 0 Å². The van der Waals surface area contributed by atoms with Crippen LogP contribution in [0.15, 0.2) is 0 Å². The third kappa shape index (κ3) is 3.34. The first-order valence-corrected chi connectivity index (χ1v) is 5.67. The van der Waals surface area contributed by atoms with Gasteiger partial charge in [0.15, 0.2) is 5.92 Å². The summed E-state index contributed by atoms with van der Waals surface area (Å²) < 4.78 is 92.2. The van der Waals surface area contributed by atoms with E-state index in [0.717, 1.165) is 6.92 Å². The lowest BCUT2D eigenvalue weighted by atomic mass is 9.97. The first kappa shape index (κ1) is 14.7. The van der Waals surface area contributed by atoms with Crippen LogP contribution < -0.4 is 0 Å². The molecule has 1 heterocycles. The smallest absolute Gasteiger partial charge is 0.302 e. The van der Waals surface area contributed by atoms with Crippen molar-refractivity contribution < 1.29 is 44.8 Å². The van der Waals surface area contributed by atoms with Crippen LogP contribution in [0.4, 0.5) is 26.3 Å². The minimum atomic E-state index is -5.65. The molecule has 0 aromatic carbocycles. The Morgan fingerprint density at radius 2 is 1.53 bits per heavy atom. The van der Waals surface area contributed by atoms with Gasteiger partial charge >= 0.3 is 20.2 Å². The molecule has 0 spiro atoms. The highest BCUT2D eigenvalue weighted by atomic mass is 31.2. The van der Waals surface area contributed by atoms with Crippen LogP contribution >= 0.6 is 7.82 Å². The molecule has 1 aliphatic rings. The maximum atomic E-state index is 12.3. The Hall–Kier alpha value is -0.310. The van der Waals surface area contributed by atoms with Crippen molar-refractivity contribution in [3.8, 4) is 0 Å². The third-order valence-electron chi connectivity index (χ3n) is 2.05. The Labute approximate surface area is 91.1 Å². The monoisotopic (exact) mass is 288 g/mol. The van der Waals surface area contributed by atoms with Crippen molar-refractivity contribution in [2.45, 2.75) is 31.5 Å². The fraction of sp³-hybridized carbons (Fsp3) is 1.00. The van der Waals surface area contributed by atoms with E-state index in [9.17, 15) is 30.9 Å². The molecule has 3 atom stereocenters. The standard InChI is InChI=1S/C6H7F6O4P/c1-2-3(16-17(13,14)15-2)4(5(7,8)9)6(10,11)12/h2-4H,1H3,(H,13,14). The summed E-state index contributed by atoms with van der Waals surface area (Å²) in [5.74, 6) is -3.87. The summed E-state index contributed by atoms with van der Waals surface area (Å²) in [4.78, 5) is 8.69. The van der Waals surface area contributed by atoms with Gasteiger partial charge in [-0.3, -0.25) is 9.05 Å². The van der Waals surface area contributed by atoms with Crippen molar-refractivity contribution in [1.82, 2.24) is 0 Å². The number of hydrogen-bond donors (Lipinski definition) is 1. The maximum absolute atomic E-state index is 12.3. The molecule has 0 aliphatic carbocycles. The van der Waals surface area contributed by atoms with Crippen LogP contribution in [0.25, 0.3) is 0 Å². The summed E-state index contributed by atoms with van der Waals surface area (Å²) in [5.41, 5.74) is 0. The summed E-state index contributed by atoms with van der Waals surface area (Å²) in [5, 5.41) is 0. The molecule has 102 valence electrons. The van der Waals surface area contributed by atoms with Crippen LogP contribution in [0.2, 0.25) is 0 Å².